The van der Waals surface area contributed by atoms with E-state index < -0.39 is 17.9 Å². The molecule has 36 heavy (non-hydrogen) atoms. The van der Waals surface area contributed by atoms with Gasteiger partial charge in [0.15, 0.2) is 0 Å². The van der Waals surface area contributed by atoms with Crippen LogP contribution in [0.1, 0.15) is 25.3 Å². The molecule has 0 spiro atoms. The number of allylic oxidation sites excluding steroid dienone is 1. The van der Waals surface area contributed by atoms with Crippen molar-refractivity contribution < 1.29 is 28.2 Å². The summed E-state index contributed by atoms with van der Waals surface area (Å²) in [6.45, 7) is 4.16. The number of nitrogens with one attached hydrogen (secondary N) is 1. The summed E-state index contributed by atoms with van der Waals surface area (Å²) in [4.78, 5) is 39.7. The summed E-state index contributed by atoms with van der Waals surface area (Å²) in [6.07, 6.45) is 0. The van der Waals surface area contributed by atoms with Crippen molar-refractivity contribution in [2.24, 2.45) is 5.73 Å². The van der Waals surface area contributed by atoms with E-state index >= 15 is 0 Å². The van der Waals surface area contributed by atoms with Gasteiger partial charge in [0, 0.05) is 17.8 Å². The predicted octanol–water partition coefficient (Wildman–Crippen LogP) is 2.87. The average Bonchev–Trinajstić information content (AvgIpc) is 2.88. The third-order valence-corrected chi connectivity index (χ3v) is 6.00. The van der Waals surface area contributed by atoms with E-state index in [0.717, 1.165) is 0 Å². The molecule has 1 aliphatic rings. The number of para-hydroxylation sites is 2. The quantitative estimate of drug-likeness (QED) is 0.277. The number of benzene rings is 2. The molecule has 1 unspecified atom stereocenters. The van der Waals surface area contributed by atoms with E-state index in [4.69, 9.17) is 24.4 Å². The second-order valence-corrected chi connectivity index (χ2v) is 8.19. The molecule has 1 aliphatic heterocycles. The van der Waals surface area contributed by atoms with E-state index in [9.17, 15) is 14.4 Å². The van der Waals surface area contributed by atoms with Crippen LogP contribution < -0.4 is 16.5 Å². The van der Waals surface area contributed by atoms with Crippen molar-refractivity contribution in [3.05, 3.63) is 80.8 Å². The highest BCUT2D eigenvalue weighted by molar-refractivity contribution is 6.02. The van der Waals surface area contributed by atoms with Crippen molar-refractivity contribution in [1.82, 2.24) is 5.32 Å². The summed E-state index contributed by atoms with van der Waals surface area (Å²) < 4.78 is 22.3. The Morgan fingerprint density at radius 3 is 2.53 bits per heavy atom. The van der Waals surface area contributed by atoms with Crippen LogP contribution in [0.5, 0.6) is 0 Å². The maximum atomic E-state index is 13.3. The molecule has 0 saturated heterocycles. The minimum absolute atomic E-state index is 0.0310. The van der Waals surface area contributed by atoms with Gasteiger partial charge in [-0.25, -0.2) is 9.59 Å². The fraction of sp³-hybridized carbons (Fsp3) is 0.296. The lowest BCUT2D eigenvalue weighted by Crippen LogP contribution is -2.35. The minimum Gasteiger partial charge on any atom is -0.466 e. The summed E-state index contributed by atoms with van der Waals surface area (Å²) in [5, 5.41) is 3.88. The van der Waals surface area contributed by atoms with Crippen LogP contribution in [0.25, 0.3) is 21.9 Å². The fourth-order valence-electron chi connectivity index (χ4n) is 4.48. The average molecular weight is 493 g/mol. The van der Waals surface area contributed by atoms with E-state index in [1.165, 1.54) is 7.11 Å². The van der Waals surface area contributed by atoms with E-state index in [-0.39, 0.29) is 42.0 Å². The van der Waals surface area contributed by atoms with Crippen LogP contribution in [0.15, 0.2) is 74.2 Å². The molecule has 0 saturated carbocycles. The van der Waals surface area contributed by atoms with Crippen LogP contribution in [-0.4, -0.2) is 45.4 Å². The van der Waals surface area contributed by atoms with E-state index in [1.807, 2.05) is 0 Å². The molecule has 9 nitrogen and oxygen atoms in total. The van der Waals surface area contributed by atoms with Crippen LogP contribution in [0.4, 0.5) is 0 Å². The van der Waals surface area contributed by atoms with Gasteiger partial charge in [-0.2, -0.15) is 0 Å². The standard InChI is InChI=1S/C27H28N2O7/c1-4-35-27(32)21-15(2)29-19(14-34-13-12-28)23(26(31)33-3)22(21)17-9-7-10-18-24(30)16-8-5-6-11-20(16)36-25(17)18/h5-11,22,29H,4,12-14,28H2,1-3H3. The largest absolute Gasteiger partial charge is 0.466 e. The first kappa shape index (κ1) is 25.2. The molecule has 2 heterocycles. The molecule has 188 valence electrons. The third kappa shape index (κ3) is 4.50. The second-order valence-electron chi connectivity index (χ2n) is 8.19. The summed E-state index contributed by atoms with van der Waals surface area (Å²) in [5.41, 5.74) is 7.74. The van der Waals surface area contributed by atoms with E-state index in [0.29, 0.717) is 39.9 Å². The Hall–Kier alpha value is -3.95. The van der Waals surface area contributed by atoms with Crippen LogP contribution in [0.2, 0.25) is 0 Å². The van der Waals surface area contributed by atoms with Gasteiger partial charge in [0.05, 0.1) is 60.5 Å². The molecule has 0 amide bonds. The van der Waals surface area contributed by atoms with Crippen molar-refractivity contribution in [1.29, 1.82) is 0 Å². The van der Waals surface area contributed by atoms with E-state index in [1.54, 1.807) is 56.3 Å². The zero-order chi connectivity index (χ0) is 25.8. The first-order valence-electron chi connectivity index (χ1n) is 11.6. The van der Waals surface area contributed by atoms with Gasteiger partial charge >= 0.3 is 11.9 Å². The number of nitrogens with two attached hydrogens (primary N) is 1. The maximum absolute atomic E-state index is 13.3. The second kappa shape index (κ2) is 10.8. The molecular formula is C27H28N2O7. The highest BCUT2D eigenvalue weighted by atomic mass is 16.5. The van der Waals surface area contributed by atoms with Gasteiger partial charge in [0.25, 0.3) is 0 Å². The lowest BCUT2D eigenvalue weighted by atomic mass is 9.79. The molecule has 0 aliphatic carbocycles. The molecule has 3 N–H and O–H groups in total. The number of carbonyl (C=O) groups is 2. The zero-order valence-electron chi connectivity index (χ0n) is 20.4. The third-order valence-electron chi connectivity index (χ3n) is 6.00. The van der Waals surface area contributed by atoms with Gasteiger partial charge in [-0.05, 0) is 32.0 Å². The Bertz CT molecular complexity index is 1450. The Morgan fingerprint density at radius 1 is 1.06 bits per heavy atom. The zero-order valence-corrected chi connectivity index (χ0v) is 20.4. The molecule has 4 rings (SSSR count). The molecular weight excluding hydrogens is 464 g/mol. The Labute approximate surface area is 207 Å². The monoisotopic (exact) mass is 492 g/mol. The number of esters is 2. The first-order chi connectivity index (χ1) is 17.4. The fourth-order valence-corrected chi connectivity index (χ4v) is 4.48. The van der Waals surface area contributed by atoms with Gasteiger partial charge in [-0.1, -0.05) is 24.3 Å². The first-order valence-corrected chi connectivity index (χ1v) is 11.6. The normalized spacial score (nSPS) is 15.8. The van der Waals surface area contributed by atoms with Gasteiger partial charge in [0.2, 0.25) is 5.43 Å². The topological polar surface area (TPSA) is 130 Å². The minimum atomic E-state index is -0.942. The lowest BCUT2D eigenvalue weighted by Gasteiger charge is -2.31. The number of dihydropyridines is 1. The molecule has 3 aromatic rings. The lowest BCUT2D eigenvalue weighted by molar-refractivity contribution is -0.139. The van der Waals surface area contributed by atoms with Gasteiger partial charge in [0.1, 0.15) is 11.2 Å². The summed E-state index contributed by atoms with van der Waals surface area (Å²) in [6, 6.07) is 12.0. The number of methoxy groups -OCH3 is 1. The number of hydrogen-bond donors (Lipinski definition) is 2. The Morgan fingerprint density at radius 2 is 1.81 bits per heavy atom. The van der Waals surface area contributed by atoms with E-state index in [2.05, 4.69) is 5.32 Å². The summed E-state index contributed by atoms with van der Waals surface area (Å²) in [7, 11) is 1.26. The number of fused-ring (bicyclic) bond motifs is 2. The molecule has 2 aromatic carbocycles. The SMILES string of the molecule is CCOC(=O)C1=C(C)NC(COCCN)=C(C(=O)OC)C1c1cccc2c(=O)c3ccccc3oc12. The Kier molecular flexibility index (Phi) is 7.52. The van der Waals surface area contributed by atoms with Crippen LogP contribution >= 0.6 is 0 Å². The van der Waals surface area contributed by atoms with Crippen LogP contribution in [0, 0.1) is 0 Å². The molecule has 0 bridgehead atoms. The molecule has 1 aromatic heterocycles. The molecule has 1 atom stereocenters. The maximum Gasteiger partial charge on any atom is 0.336 e. The number of rotatable bonds is 8. The summed E-state index contributed by atoms with van der Waals surface area (Å²) >= 11 is 0. The van der Waals surface area contributed by atoms with Gasteiger partial charge < -0.3 is 29.7 Å². The number of hydrogen-bond acceptors (Lipinski definition) is 9. The predicted molar refractivity (Wildman–Crippen MR) is 134 cm³/mol. The van der Waals surface area contributed by atoms with Crippen molar-refractivity contribution in [2.75, 3.05) is 33.5 Å². The molecule has 9 heteroatoms. The highest BCUT2D eigenvalue weighted by Crippen LogP contribution is 2.42. The van der Waals surface area contributed by atoms with Crippen LogP contribution in [-0.2, 0) is 23.8 Å². The highest BCUT2D eigenvalue weighted by Gasteiger charge is 2.40. The van der Waals surface area contributed by atoms with Crippen molar-refractivity contribution in [3.63, 3.8) is 0 Å². The molecule has 0 fully saturated rings. The van der Waals surface area contributed by atoms with Crippen molar-refractivity contribution in [2.45, 2.75) is 19.8 Å². The number of ether oxygens (including phenoxy) is 3. The van der Waals surface area contributed by atoms with Crippen LogP contribution in [0.3, 0.4) is 0 Å². The molecule has 0 radical (unpaired) electrons. The van der Waals surface area contributed by atoms with Gasteiger partial charge in [-0.15, -0.1) is 0 Å². The van der Waals surface area contributed by atoms with Crippen molar-refractivity contribution >= 4 is 33.9 Å². The Balaban J connectivity index is 2.04. The smallest absolute Gasteiger partial charge is 0.336 e. The van der Waals surface area contributed by atoms with Crippen molar-refractivity contribution in [3.8, 4) is 0 Å². The summed E-state index contributed by atoms with van der Waals surface area (Å²) in [5.74, 6) is -2.20. The number of carbonyl (C=O) groups excluding carboxylic acids is 2. The van der Waals surface area contributed by atoms with Gasteiger partial charge in [-0.3, -0.25) is 4.79 Å².